The Labute approximate surface area is 112 Å². The molecule has 0 spiro atoms. The van der Waals surface area contributed by atoms with Crippen molar-refractivity contribution >= 4 is 12.6 Å². The molecule has 19 heavy (non-hydrogen) atoms. The molecule has 2 aromatic carbocycles. The van der Waals surface area contributed by atoms with E-state index in [1.54, 1.807) is 31.4 Å². The SMILES string of the molecule is COc1ccc(COc2ccc(B(O)O)cc2)cc1. The summed E-state index contributed by atoms with van der Waals surface area (Å²) in [6, 6.07) is 14.3. The van der Waals surface area contributed by atoms with Crippen molar-refractivity contribution in [2.45, 2.75) is 6.61 Å². The Morgan fingerprint density at radius 3 is 2.00 bits per heavy atom. The first-order valence-corrected chi connectivity index (χ1v) is 5.91. The first kappa shape index (κ1) is 13.5. The average molecular weight is 258 g/mol. The molecule has 0 heterocycles. The van der Waals surface area contributed by atoms with Crippen LogP contribution in [0.2, 0.25) is 0 Å². The van der Waals surface area contributed by atoms with E-state index in [9.17, 15) is 0 Å². The van der Waals surface area contributed by atoms with Gasteiger partial charge in [0.05, 0.1) is 7.11 Å². The summed E-state index contributed by atoms with van der Waals surface area (Å²) in [6.07, 6.45) is 0. The van der Waals surface area contributed by atoms with Crippen LogP contribution in [-0.4, -0.2) is 24.3 Å². The number of benzene rings is 2. The van der Waals surface area contributed by atoms with Gasteiger partial charge in [-0.15, -0.1) is 0 Å². The van der Waals surface area contributed by atoms with E-state index in [-0.39, 0.29) is 0 Å². The van der Waals surface area contributed by atoms with Gasteiger partial charge >= 0.3 is 7.12 Å². The van der Waals surface area contributed by atoms with E-state index < -0.39 is 7.12 Å². The van der Waals surface area contributed by atoms with Crippen molar-refractivity contribution in [1.82, 2.24) is 0 Å². The highest BCUT2D eigenvalue weighted by Gasteiger charge is 2.09. The summed E-state index contributed by atoms with van der Waals surface area (Å²) in [5.74, 6) is 1.49. The molecule has 0 aromatic heterocycles. The Morgan fingerprint density at radius 2 is 1.47 bits per heavy atom. The molecular formula is C14H15BO4. The minimum atomic E-state index is -1.45. The first-order chi connectivity index (χ1) is 9.19. The van der Waals surface area contributed by atoms with Crippen molar-refractivity contribution < 1.29 is 19.5 Å². The molecule has 0 radical (unpaired) electrons. The molecule has 0 amide bonds. The first-order valence-electron chi connectivity index (χ1n) is 5.91. The van der Waals surface area contributed by atoms with Crippen LogP contribution < -0.4 is 14.9 Å². The second-order valence-corrected chi connectivity index (χ2v) is 4.08. The summed E-state index contributed by atoms with van der Waals surface area (Å²) in [6.45, 7) is 0.449. The Balaban J connectivity index is 1.94. The molecule has 0 fully saturated rings. The molecular weight excluding hydrogens is 243 g/mol. The van der Waals surface area contributed by atoms with Crippen molar-refractivity contribution in [3.63, 3.8) is 0 Å². The van der Waals surface area contributed by atoms with E-state index in [4.69, 9.17) is 19.5 Å². The summed E-state index contributed by atoms with van der Waals surface area (Å²) < 4.78 is 10.7. The standard InChI is InChI=1S/C14H15BO4/c1-18-13-6-2-11(3-7-13)10-19-14-8-4-12(5-9-14)15(16)17/h2-9,16-17H,10H2,1H3. The van der Waals surface area contributed by atoms with Gasteiger partial charge in [0.15, 0.2) is 0 Å². The maximum atomic E-state index is 8.97. The maximum Gasteiger partial charge on any atom is 0.488 e. The van der Waals surface area contributed by atoms with Crippen molar-refractivity contribution in [3.05, 3.63) is 54.1 Å². The highest BCUT2D eigenvalue weighted by Crippen LogP contribution is 2.14. The number of hydrogen-bond donors (Lipinski definition) is 2. The second-order valence-electron chi connectivity index (χ2n) is 4.08. The summed E-state index contributed by atoms with van der Waals surface area (Å²) in [4.78, 5) is 0. The fraction of sp³-hybridized carbons (Fsp3) is 0.143. The monoisotopic (exact) mass is 258 g/mol. The van der Waals surface area contributed by atoms with Crippen LogP contribution >= 0.6 is 0 Å². The van der Waals surface area contributed by atoms with Crippen LogP contribution in [0.1, 0.15) is 5.56 Å². The van der Waals surface area contributed by atoms with E-state index in [1.165, 1.54) is 0 Å². The molecule has 98 valence electrons. The van der Waals surface area contributed by atoms with Gasteiger partial charge < -0.3 is 19.5 Å². The van der Waals surface area contributed by atoms with Crippen molar-refractivity contribution in [3.8, 4) is 11.5 Å². The zero-order valence-electron chi connectivity index (χ0n) is 10.6. The molecule has 2 aromatic rings. The molecule has 2 rings (SSSR count). The zero-order valence-corrected chi connectivity index (χ0v) is 10.6. The summed E-state index contributed by atoms with van der Waals surface area (Å²) in [7, 11) is 0.179. The smallest absolute Gasteiger partial charge is 0.488 e. The van der Waals surface area contributed by atoms with Crippen LogP contribution in [0.25, 0.3) is 0 Å². The Kier molecular flexibility index (Phi) is 4.44. The Hall–Kier alpha value is -1.98. The number of hydrogen-bond acceptors (Lipinski definition) is 4. The van der Waals surface area contributed by atoms with Gasteiger partial charge in [-0.05, 0) is 35.3 Å². The maximum absolute atomic E-state index is 8.97. The van der Waals surface area contributed by atoms with Gasteiger partial charge in [-0.3, -0.25) is 0 Å². The molecule has 0 bridgehead atoms. The summed E-state index contributed by atoms with van der Waals surface area (Å²) in [5, 5.41) is 17.9. The van der Waals surface area contributed by atoms with Crippen molar-refractivity contribution in [2.75, 3.05) is 7.11 Å². The van der Waals surface area contributed by atoms with Crippen LogP contribution in [0.3, 0.4) is 0 Å². The van der Waals surface area contributed by atoms with E-state index in [0.717, 1.165) is 11.3 Å². The summed E-state index contributed by atoms with van der Waals surface area (Å²) in [5.41, 5.74) is 1.48. The molecule has 5 heteroatoms. The molecule has 4 nitrogen and oxygen atoms in total. The number of ether oxygens (including phenoxy) is 2. The van der Waals surface area contributed by atoms with Gasteiger partial charge in [0.1, 0.15) is 18.1 Å². The van der Waals surface area contributed by atoms with E-state index in [0.29, 0.717) is 17.8 Å². The molecule has 0 saturated heterocycles. The summed E-state index contributed by atoms with van der Waals surface area (Å²) >= 11 is 0. The van der Waals surface area contributed by atoms with Crippen molar-refractivity contribution in [2.24, 2.45) is 0 Å². The predicted molar refractivity (Wildman–Crippen MR) is 73.6 cm³/mol. The lowest BCUT2D eigenvalue weighted by atomic mass is 9.80. The largest absolute Gasteiger partial charge is 0.497 e. The van der Waals surface area contributed by atoms with Gasteiger partial charge in [0, 0.05) is 0 Å². The fourth-order valence-electron chi connectivity index (χ4n) is 1.62. The van der Waals surface area contributed by atoms with E-state index in [1.807, 2.05) is 24.3 Å². The Bertz CT molecular complexity index is 508. The van der Waals surface area contributed by atoms with Gasteiger partial charge in [-0.2, -0.15) is 0 Å². The molecule has 0 saturated carbocycles. The lowest BCUT2D eigenvalue weighted by molar-refractivity contribution is 0.306. The normalized spacial score (nSPS) is 10.1. The molecule has 0 aliphatic rings. The minimum Gasteiger partial charge on any atom is -0.497 e. The lowest BCUT2D eigenvalue weighted by Gasteiger charge is -2.08. The predicted octanol–water partition coefficient (Wildman–Crippen LogP) is 0.954. The van der Waals surface area contributed by atoms with Gasteiger partial charge in [-0.25, -0.2) is 0 Å². The minimum absolute atomic E-state index is 0.441. The average Bonchev–Trinajstić information content (AvgIpc) is 2.46. The highest BCUT2D eigenvalue weighted by atomic mass is 16.5. The zero-order chi connectivity index (χ0) is 13.7. The third kappa shape index (κ3) is 3.74. The van der Waals surface area contributed by atoms with Crippen molar-refractivity contribution in [1.29, 1.82) is 0 Å². The van der Waals surface area contributed by atoms with Gasteiger partial charge in [0.2, 0.25) is 0 Å². The van der Waals surface area contributed by atoms with Crippen LogP contribution in [0.15, 0.2) is 48.5 Å². The topological polar surface area (TPSA) is 58.9 Å². The molecule has 2 N–H and O–H groups in total. The van der Waals surface area contributed by atoms with E-state index in [2.05, 4.69) is 0 Å². The van der Waals surface area contributed by atoms with Gasteiger partial charge in [-0.1, -0.05) is 24.3 Å². The van der Waals surface area contributed by atoms with Crippen LogP contribution in [-0.2, 0) is 6.61 Å². The number of methoxy groups -OCH3 is 1. The third-order valence-electron chi connectivity index (χ3n) is 2.74. The second kappa shape index (κ2) is 6.27. The molecule has 0 aliphatic heterocycles. The lowest BCUT2D eigenvalue weighted by Crippen LogP contribution is -2.29. The highest BCUT2D eigenvalue weighted by molar-refractivity contribution is 6.58. The molecule has 0 atom stereocenters. The number of rotatable bonds is 5. The fourth-order valence-corrected chi connectivity index (χ4v) is 1.62. The molecule has 0 aliphatic carbocycles. The molecule has 0 unspecified atom stereocenters. The Morgan fingerprint density at radius 1 is 0.895 bits per heavy atom. The quantitative estimate of drug-likeness (QED) is 0.784. The van der Waals surface area contributed by atoms with E-state index >= 15 is 0 Å². The van der Waals surface area contributed by atoms with Gasteiger partial charge in [0.25, 0.3) is 0 Å². The van der Waals surface area contributed by atoms with Crippen LogP contribution in [0.4, 0.5) is 0 Å². The van der Waals surface area contributed by atoms with Crippen LogP contribution in [0, 0.1) is 0 Å². The third-order valence-corrected chi connectivity index (χ3v) is 2.74. The van der Waals surface area contributed by atoms with Crippen LogP contribution in [0.5, 0.6) is 11.5 Å².